The maximum absolute atomic E-state index is 11.7. The molecule has 0 saturated heterocycles. The Labute approximate surface area is 118 Å². The summed E-state index contributed by atoms with van der Waals surface area (Å²) in [5.74, 6) is 0.473. The molecule has 0 fully saturated rings. The van der Waals surface area contributed by atoms with E-state index in [1.165, 1.54) is 6.21 Å². The molecule has 2 aromatic rings. The molecule has 0 spiro atoms. The molecule has 1 aromatic carbocycles. The minimum atomic E-state index is -0.254. The van der Waals surface area contributed by atoms with E-state index in [2.05, 4.69) is 26.5 Å². The fraction of sp³-hybridized carbons (Fsp3) is 0. The number of benzene rings is 1. The number of nitrogens with zero attached hydrogens (tertiary/aromatic N) is 1. The molecule has 2 rings (SSSR count). The average Bonchev–Trinajstić information content (AvgIpc) is 2.92. The summed E-state index contributed by atoms with van der Waals surface area (Å²) < 4.78 is 6.03. The Morgan fingerprint density at radius 1 is 1.26 bits per heavy atom. The van der Waals surface area contributed by atoms with Crippen LogP contribution in [-0.4, -0.2) is 12.1 Å². The lowest BCUT2D eigenvalue weighted by molar-refractivity contribution is 0.0955. The lowest BCUT2D eigenvalue weighted by Gasteiger charge is -1.98. The molecule has 1 aromatic heterocycles. The Kier molecular flexibility index (Phi) is 4.69. The minimum absolute atomic E-state index is 0.254. The van der Waals surface area contributed by atoms with Crippen molar-refractivity contribution in [1.82, 2.24) is 5.43 Å². The van der Waals surface area contributed by atoms with E-state index in [1.54, 1.807) is 48.7 Å². The summed E-state index contributed by atoms with van der Waals surface area (Å²) in [6, 6.07) is 10.7. The van der Waals surface area contributed by atoms with Gasteiger partial charge in [-0.05, 0) is 48.6 Å². The van der Waals surface area contributed by atoms with Crippen LogP contribution in [0.3, 0.4) is 0 Å². The number of hydrogen-bond donors (Lipinski definition) is 1. The van der Waals surface area contributed by atoms with E-state index in [0.717, 1.165) is 10.2 Å². The van der Waals surface area contributed by atoms with Crippen molar-refractivity contribution in [1.29, 1.82) is 0 Å². The van der Waals surface area contributed by atoms with Gasteiger partial charge in [0.2, 0.25) is 0 Å². The summed E-state index contributed by atoms with van der Waals surface area (Å²) in [6.45, 7) is 0. The van der Waals surface area contributed by atoms with Crippen LogP contribution in [0.1, 0.15) is 16.1 Å². The SMILES string of the molecule is O=C(N/N=C/C=C/c1ccco1)c1ccc(Br)cc1. The first-order valence-electron chi connectivity index (χ1n) is 5.55. The quantitative estimate of drug-likeness (QED) is 0.693. The van der Waals surface area contributed by atoms with Crippen molar-refractivity contribution in [3.05, 3.63) is 64.5 Å². The van der Waals surface area contributed by atoms with Crippen molar-refractivity contribution in [2.45, 2.75) is 0 Å². The molecule has 5 heteroatoms. The number of hydrazone groups is 1. The van der Waals surface area contributed by atoms with Gasteiger partial charge in [-0.2, -0.15) is 5.10 Å². The average molecular weight is 319 g/mol. The predicted molar refractivity (Wildman–Crippen MR) is 77.8 cm³/mol. The molecule has 4 nitrogen and oxygen atoms in total. The summed E-state index contributed by atoms with van der Waals surface area (Å²) in [7, 11) is 0. The number of carbonyl (C=O) groups excluding carboxylic acids is 1. The molecule has 0 aliphatic heterocycles. The largest absolute Gasteiger partial charge is 0.465 e. The molecule has 1 heterocycles. The lowest BCUT2D eigenvalue weighted by Crippen LogP contribution is -2.17. The van der Waals surface area contributed by atoms with Crippen molar-refractivity contribution in [2.75, 3.05) is 0 Å². The molecular formula is C14H11BrN2O2. The first kappa shape index (κ1) is 13.3. The molecule has 0 atom stereocenters. The summed E-state index contributed by atoms with van der Waals surface area (Å²) in [4.78, 5) is 11.7. The normalized spacial score (nSPS) is 11.2. The van der Waals surface area contributed by atoms with E-state index in [4.69, 9.17) is 4.42 Å². The molecule has 0 radical (unpaired) electrons. The summed E-state index contributed by atoms with van der Waals surface area (Å²) >= 11 is 3.31. The van der Waals surface area contributed by atoms with Gasteiger partial charge in [-0.25, -0.2) is 5.43 Å². The van der Waals surface area contributed by atoms with Gasteiger partial charge in [-0.1, -0.05) is 15.9 Å². The smallest absolute Gasteiger partial charge is 0.271 e. The van der Waals surface area contributed by atoms with Crippen LogP contribution in [0.15, 0.2) is 62.7 Å². The van der Waals surface area contributed by atoms with Crippen LogP contribution in [0.25, 0.3) is 6.08 Å². The third kappa shape index (κ3) is 4.22. The molecule has 0 saturated carbocycles. The molecular weight excluding hydrogens is 308 g/mol. The highest BCUT2D eigenvalue weighted by Crippen LogP contribution is 2.10. The Balaban J connectivity index is 1.85. The summed E-state index contributed by atoms with van der Waals surface area (Å²) in [5, 5.41) is 3.80. The Bertz CT molecular complexity index is 586. The van der Waals surface area contributed by atoms with Gasteiger partial charge in [0.05, 0.1) is 6.26 Å². The van der Waals surface area contributed by atoms with E-state index in [1.807, 2.05) is 6.07 Å². The van der Waals surface area contributed by atoms with Gasteiger partial charge in [-0.3, -0.25) is 4.79 Å². The first-order chi connectivity index (χ1) is 9.25. The third-order valence-corrected chi connectivity index (χ3v) is 2.77. The predicted octanol–water partition coefficient (Wildman–Crippen LogP) is 3.47. The van der Waals surface area contributed by atoms with E-state index in [-0.39, 0.29) is 5.91 Å². The molecule has 1 amide bonds. The number of carbonyl (C=O) groups is 1. The molecule has 0 bridgehead atoms. The molecule has 0 aliphatic rings. The number of hydrogen-bond acceptors (Lipinski definition) is 3. The van der Waals surface area contributed by atoms with Crippen LogP contribution >= 0.6 is 15.9 Å². The van der Waals surface area contributed by atoms with Gasteiger partial charge in [-0.15, -0.1) is 0 Å². The number of furan rings is 1. The Morgan fingerprint density at radius 2 is 2.05 bits per heavy atom. The molecule has 0 unspecified atom stereocenters. The number of halogens is 1. The minimum Gasteiger partial charge on any atom is -0.465 e. The van der Waals surface area contributed by atoms with Crippen LogP contribution < -0.4 is 5.43 Å². The summed E-state index contributed by atoms with van der Waals surface area (Å²) in [5.41, 5.74) is 2.98. The second kappa shape index (κ2) is 6.70. The van der Waals surface area contributed by atoms with E-state index < -0.39 is 0 Å². The van der Waals surface area contributed by atoms with Gasteiger partial charge in [0.25, 0.3) is 5.91 Å². The second-order valence-corrected chi connectivity index (χ2v) is 4.52. The molecule has 0 aliphatic carbocycles. The molecule has 96 valence electrons. The van der Waals surface area contributed by atoms with E-state index in [9.17, 15) is 4.79 Å². The fourth-order valence-corrected chi connectivity index (χ4v) is 1.59. The van der Waals surface area contributed by atoms with Crippen LogP contribution in [0.2, 0.25) is 0 Å². The fourth-order valence-electron chi connectivity index (χ4n) is 1.33. The van der Waals surface area contributed by atoms with Crippen molar-refractivity contribution >= 4 is 34.1 Å². The third-order valence-electron chi connectivity index (χ3n) is 2.24. The van der Waals surface area contributed by atoms with Gasteiger partial charge in [0.15, 0.2) is 0 Å². The number of rotatable bonds is 4. The summed E-state index contributed by atoms with van der Waals surface area (Å²) in [6.07, 6.45) is 6.50. The highest BCUT2D eigenvalue weighted by atomic mass is 79.9. The standard InChI is InChI=1S/C14H11BrN2O2/c15-12-7-5-11(6-8-12)14(18)17-16-9-1-3-13-4-2-10-19-13/h1-10H,(H,17,18)/b3-1+,16-9+. The maximum atomic E-state index is 11.7. The number of amides is 1. The Morgan fingerprint density at radius 3 is 2.74 bits per heavy atom. The zero-order valence-electron chi connectivity index (χ0n) is 9.92. The van der Waals surface area contributed by atoms with E-state index in [0.29, 0.717) is 5.56 Å². The Hall–Kier alpha value is -2.14. The van der Waals surface area contributed by atoms with Crippen LogP contribution in [-0.2, 0) is 0 Å². The monoisotopic (exact) mass is 318 g/mol. The lowest BCUT2D eigenvalue weighted by atomic mass is 10.2. The van der Waals surface area contributed by atoms with Gasteiger partial charge in [0.1, 0.15) is 5.76 Å². The van der Waals surface area contributed by atoms with Gasteiger partial charge in [0, 0.05) is 16.3 Å². The van der Waals surface area contributed by atoms with Gasteiger partial charge >= 0.3 is 0 Å². The second-order valence-electron chi connectivity index (χ2n) is 3.60. The topological polar surface area (TPSA) is 54.6 Å². The molecule has 19 heavy (non-hydrogen) atoms. The van der Waals surface area contributed by atoms with Crippen LogP contribution in [0.5, 0.6) is 0 Å². The van der Waals surface area contributed by atoms with E-state index >= 15 is 0 Å². The maximum Gasteiger partial charge on any atom is 0.271 e. The zero-order valence-corrected chi connectivity index (χ0v) is 11.5. The highest BCUT2D eigenvalue weighted by Gasteiger charge is 2.02. The highest BCUT2D eigenvalue weighted by molar-refractivity contribution is 9.10. The van der Waals surface area contributed by atoms with Crippen LogP contribution in [0.4, 0.5) is 0 Å². The molecule has 1 N–H and O–H groups in total. The zero-order chi connectivity index (χ0) is 13.5. The number of nitrogens with one attached hydrogen (secondary N) is 1. The van der Waals surface area contributed by atoms with Crippen molar-refractivity contribution < 1.29 is 9.21 Å². The van der Waals surface area contributed by atoms with Crippen molar-refractivity contribution in [3.8, 4) is 0 Å². The number of allylic oxidation sites excluding steroid dienone is 1. The van der Waals surface area contributed by atoms with Crippen molar-refractivity contribution in [3.63, 3.8) is 0 Å². The van der Waals surface area contributed by atoms with Crippen LogP contribution in [0, 0.1) is 0 Å². The van der Waals surface area contributed by atoms with Gasteiger partial charge < -0.3 is 4.42 Å². The van der Waals surface area contributed by atoms with Crippen molar-refractivity contribution in [2.24, 2.45) is 5.10 Å². The first-order valence-corrected chi connectivity index (χ1v) is 6.34.